The van der Waals surface area contributed by atoms with Crippen LogP contribution in [-0.2, 0) is 0 Å². The monoisotopic (exact) mass is 850 g/mol. The summed E-state index contributed by atoms with van der Waals surface area (Å²) in [5, 5.41) is 10.5. The number of thiophene rings is 1. The lowest BCUT2D eigenvalue weighted by molar-refractivity contribution is 1.18. The van der Waals surface area contributed by atoms with E-state index in [2.05, 4.69) is 264 Å². The molecule has 0 fully saturated rings. The fraction of sp³-hybridized carbons (Fsp3) is 0. The van der Waals surface area contributed by atoms with E-state index in [1.165, 1.54) is 79.5 Å². The van der Waals surface area contributed by atoms with E-state index >= 15 is 0 Å². The highest BCUT2D eigenvalue weighted by atomic mass is 32.1. The van der Waals surface area contributed by atoms with Crippen molar-refractivity contribution in [1.82, 2.24) is 4.57 Å². The minimum absolute atomic E-state index is 1.11. The van der Waals surface area contributed by atoms with E-state index in [0.717, 1.165) is 17.1 Å². The molecule has 64 heavy (non-hydrogen) atoms. The van der Waals surface area contributed by atoms with Gasteiger partial charge in [-0.25, -0.2) is 0 Å². The lowest BCUT2D eigenvalue weighted by atomic mass is 10.0. The van der Waals surface area contributed by atoms with Gasteiger partial charge in [0.15, 0.2) is 8.07 Å². The number of fused-ring (bicyclic) bond motifs is 6. The van der Waals surface area contributed by atoms with Crippen LogP contribution in [0.1, 0.15) is 0 Å². The summed E-state index contributed by atoms with van der Waals surface area (Å²) in [7, 11) is -2.70. The molecule has 0 saturated heterocycles. The number of aromatic nitrogens is 1. The summed E-state index contributed by atoms with van der Waals surface area (Å²) in [5.74, 6) is 0. The van der Waals surface area contributed by atoms with Crippen LogP contribution in [0, 0.1) is 0 Å². The summed E-state index contributed by atoms with van der Waals surface area (Å²) >= 11 is 1.87. The Bertz CT molecular complexity index is 3500. The molecule has 4 heteroatoms. The molecule has 302 valence electrons. The molecular formula is C60H42N2SSi. The zero-order valence-electron chi connectivity index (χ0n) is 35.1. The van der Waals surface area contributed by atoms with Crippen LogP contribution in [0.3, 0.4) is 0 Å². The number of rotatable bonds is 9. The molecule has 0 aliphatic carbocycles. The molecule has 10 aromatic carbocycles. The van der Waals surface area contributed by atoms with Crippen molar-refractivity contribution in [2.75, 3.05) is 4.90 Å². The Kier molecular flexibility index (Phi) is 9.40. The normalized spacial score (nSPS) is 11.8. The molecule has 2 heterocycles. The van der Waals surface area contributed by atoms with Crippen LogP contribution >= 0.6 is 11.3 Å². The minimum atomic E-state index is -2.70. The van der Waals surface area contributed by atoms with Crippen LogP contribution in [0.4, 0.5) is 17.1 Å². The van der Waals surface area contributed by atoms with Crippen molar-refractivity contribution in [3.63, 3.8) is 0 Å². The van der Waals surface area contributed by atoms with Crippen molar-refractivity contribution in [3.8, 4) is 16.8 Å². The van der Waals surface area contributed by atoms with Crippen LogP contribution in [0.15, 0.2) is 255 Å². The van der Waals surface area contributed by atoms with E-state index in [0.29, 0.717) is 0 Å². The second-order valence-electron chi connectivity index (χ2n) is 16.4. The van der Waals surface area contributed by atoms with Gasteiger partial charge in [-0.15, -0.1) is 11.3 Å². The molecule has 0 aliphatic rings. The van der Waals surface area contributed by atoms with Crippen molar-refractivity contribution in [3.05, 3.63) is 255 Å². The van der Waals surface area contributed by atoms with Crippen LogP contribution in [0.2, 0.25) is 0 Å². The summed E-state index contributed by atoms with van der Waals surface area (Å²) in [6, 6.07) is 94.1. The maximum Gasteiger partial charge on any atom is 0.179 e. The van der Waals surface area contributed by atoms with Gasteiger partial charge >= 0.3 is 0 Å². The molecule has 0 spiro atoms. The molecule has 0 radical (unpaired) electrons. The number of para-hydroxylation sites is 2. The van der Waals surface area contributed by atoms with Gasteiger partial charge in [0.2, 0.25) is 0 Å². The van der Waals surface area contributed by atoms with E-state index in [1.54, 1.807) is 0 Å². The quantitative estimate of drug-likeness (QED) is 0.104. The van der Waals surface area contributed by atoms with Gasteiger partial charge in [-0.2, -0.15) is 0 Å². The highest BCUT2D eigenvalue weighted by Crippen LogP contribution is 2.48. The zero-order valence-corrected chi connectivity index (χ0v) is 36.9. The average molecular weight is 851 g/mol. The molecule has 2 aromatic heterocycles. The fourth-order valence-corrected chi connectivity index (χ4v) is 16.2. The Labute approximate surface area is 378 Å². The predicted octanol–water partition coefficient (Wildman–Crippen LogP) is 13.7. The largest absolute Gasteiger partial charge is 0.309 e. The Morgan fingerprint density at radius 1 is 0.359 bits per heavy atom. The predicted molar refractivity (Wildman–Crippen MR) is 277 cm³/mol. The minimum Gasteiger partial charge on any atom is -0.309 e. The highest BCUT2D eigenvalue weighted by molar-refractivity contribution is 7.26. The highest BCUT2D eigenvalue weighted by Gasteiger charge is 2.41. The molecule has 0 bridgehead atoms. The maximum atomic E-state index is 2.50. The first-order valence-electron chi connectivity index (χ1n) is 21.9. The van der Waals surface area contributed by atoms with Gasteiger partial charge in [0.05, 0.1) is 27.1 Å². The smallest absolute Gasteiger partial charge is 0.179 e. The van der Waals surface area contributed by atoms with Gasteiger partial charge < -0.3 is 9.47 Å². The van der Waals surface area contributed by atoms with Crippen LogP contribution in [0.5, 0.6) is 0 Å². The van der Waals surface area contributed by atoms with E-state index in [1.807, 2.05) is 11.3 Å². The second kappa shape index (κ2) is 15.9. The lowest BCUT2D eigenvalue weighted by Gasteiger charge is -2.34. The lowest BCUT2D eigenvalue weighted by Crippen LogP contribution is -2.74. The third kappa shape index (κ3) is 6.14. The van der Waals surface area contributed by atoms with Crippen molar-refractivity contribution >= 4 is 99.2 Å². The van der Waals surface area contributed by atoms with E-state index in [9.17, 15) is 0 Å². The van der Waals surface area contributed by atoms with Gasteiger partial charge in [-0.05, 0) is 86.5 Å². The van der Waals surface area contributed by atoms with Crippen molar-refractivity contribution in [2.45, 2.75) is 0 Å². The van der Waals surface area contributed by atoms with Crippen LogP contribution in [0.25, 0.3) is 58.8 Å². The van der Waals surface area contributed by atoms with E-state index in [4.69, 9.17) is 0 Å². The van der Waals surface area contributed by atoms with Crippen molar-refractivity contribution in [2.24, 2.45) is 0 Å². The summed E-state index contributed by atoms with van der Waals surface area (Å²) in [6.45, 7) is 0. The third-order valence-electron chi connectivity index (χ3n) is 12.9. The number of hydrogen-bond donors (Lipinski definition) is 0. The van der Waals surface area contributed by atoms with Crippen molar-refractivity contribution < 1.29 is 0 Å². The summed E-state index contributed by atoms with van der Waals surface area (Å²) in [5.41, 5.74) is 9.32. The molecule has 0 unspecified atom stereocenters. The van der Waals surface area contributed by atoms with E-state index in [-0.39, 0.29) is 0 Å². The molecule has 12 rings (SSSR count). The summed E-state index contributed by atoms with van der Waals surface area (Å²) in [6.07, 6.45) is 0. The maximum absolute atomic E-state index is 2.70. The molecule has 0 saturated carbocycles. The Balaban J connectivity index is 1.06. The van der Waals surface area contributed by atoms with Crippen LogP contribution < -0.4 is 25.6 Å². The number of anilines is 3. The standard InChI is InChI=1S/C60H42N2SSi/c1-5-21-45(22-6-1)61-54-33-15-13-31-53(54)59-55(61)34-19-35-56(59)62(57-36-18-32-52-51-30-14-16-37-58(51)63-60(52)57)46-40-38-43(39-41-46)44-20-17-29-50(42-44)64(47-23-7-2-8-24-47,48-25-9-3-10-26-48)49-27-11-4-12-28-49/h1-42H. The molecule has 0 aliphatic heterocycles. The first kappa shape index (κ1) is 38.0. The van der Waals surface area contributed by atoms with E-state index < -0.39 is 8.07 Å². The first-order chi connectivity index (χ1) is 31.8. The van der Waals surface area contributed by atoms with Gasteiger partial charge in [-0.1, -0.05) is 200 Å². The summed E-state index contributed by atoms with van der Waals surface area (Å²) in [4.78, 5) is 2.50. The molecular weight excluding hydrogens is 809 g/mol. The Morgan fingerprint density at radius 3 is 1.56 bits per heavy atom. The molecule has 0 atom stereocenters. The van der Waals surface area contributed by atoms with Crippen LogP contribution in [-0.4, -0.2) is 12.6 Å². The summed E-state index contributed by atoms with van der Waals surface area (Å²) < 4.78 is 4.97. The van der Waals surface area contributed by atoms with Gasteiger partial charge in [0.1, 0.15) is 0 Å². The fourth-order valence-electron chi connectivity index (χ4n) is 10.2. The van der Waals surface area contributed by atoms with Gasteiger partial charge in [0, 0.05) is 37.6 Å². The average Bonchev–Trinajstić information content (AvgIpc) is 3.93. The number of benzene rings is 10. The Morgan fingerprint density at radius 2 is 0.875 bits per heavy atom. The van der Waals surface area contributed by atoms with Gasteiger partial charge in [-0.3, -0.25) is 0 Å². The van der Waals surface area contributed by atoms with Gasteiger partial charge in [0.25, 0.3) is 0 Å². The Hall–Kier alpha value is -7.76. The first-order valence-corrected chi connectivity index (χ1v) is 24.7. The number of hydrogen-bond acceptors (Lipinski definition) is 2. The second-order valence-corrected chi connectivity index (χ2v) is 21.3. The SMILES string of the molecule is c1ccc(-n2c3ccccc3c3c(N(c4ccc(-c5cccc([Si](c6ccccc6)(c6ccccc6)c6ccccc6)c5)cc4)c4cccc5c4sc4ccccc45)cccc32)cc1. The molecule has 2 nitrogen and oxygen atoms in total. The topological polar surface area (TPSA) is 8.17 Å². The molecule has 12 aromatic rings. The molecule has 0 N–H and O–H groups in total. The number of nitrogens with zero attached hydrogens (tertiary/aromatic N) is 2. The molecule has 0 amide bonds. The third-order valence-corrected chi connectivity index (χ3v) is 18.9. The van der Waals surface area contributed by atoms with Crippen molar-refractivity contribution in [1.29, 1.82) is 0 Å². The zero-order chi connectivity index (χ0) is 42.5.